The topological polar surface area (TPSA) is 140 Å². The van der Waals surface area contributed by atoms with E-state index in [0.717, 1.165) is 0 Å². The van der Waals surface area contributed by atoms with Crippen molar-refractivity contribution in [3.8, 4) is 5.75 Å². The number of rotatable bonds is 8. The highest BCUT2D eigenvalue weighted by atomic mass is 79.9. The molecular formula is C28H16Br2Cl2N4O6. The number of hydrazone groups is 1. The lowest BCUT2D eigenvalue weighted by atomic mass is 10.1. The molecule has 42 heavy (non-hydrogen) atoms. The Morgan fingerprint density at radius 3 is 2.33 bits per heavy atom. The summed E-state index contributed by atoms with van der Waals surface area (Å²) in [5.41, 5.74) is 3.40. The molecule has 2 N–H and O–H groups in total. The molecule has 0 saturated carbocycles. The molecule has 0 heterocycles. The molecule has 0 aliphatic rings. The molecule has 0 aromatic heterocycles. The highest BCUT2D eigenvalue weighted by Gasteiger charge is 2.17. The molecule has 0 radical (unpaired) electrons. The van der Waals surface area contributed by atoms with Gasteiger partial charge in [-0.1, -0.05) is 45.2 Å². The van der Waals surface area contributed by atoms with Crippen LogP contribution in [-0.4, -0.2) is 28.9 Å². The number of nitro groups is 1. The number of carbonyl (C=O) groups excluding carboxylic acids is 3. The number of esters is 1. The molecular weight excluding hydrogens is 719 g/mol. The number of anilines is 1. The molecule has 0 bridgehead atoms. The average molecular weight is 735 g/mol. The molecule has 0 spiro atoms. The Morgan fingerprint density at radius 1 is 0.905 bits per heavy atom. The minimum absolute atomic E-state index is 0.0944. The van der Waals surface area contributed by atoms with Crippen LogP contribution in [0.1, 0.15) is 36.6 Å². The van der Waals surface area contributed by atoms with Crippen molar-refractivity contribution < 1.29 is 24.0 Å². The summed E-state index contributed by atoms with van der Waals surface area (Å²) in [4.78, 5) is 48.4. The van der Waals surface area contributed by atoms with Gasteiger partial charge in [0.25, 0.3) is 17.5 Å². The molecule has 4 aromatic carbocycles. The number of nitro benzene ring substituents is 1. The van der Waals surface area contributed by atoms with Gasteiger partial charge in [0.2, 0.25) is 0 Å². The zero-order valence-electron chi connectivity index (χ0n) is 20.9. The van der Waals surface area contributed by atoms with E-state index in [2.05, 4.69) is 47.7 Å². The lowest BCUT2D eigenvalue weighted by Crippen LogP contribution is -2.18. The third kappa shape index (κ3) is 7.79. The van der Waals surface area contributed by atoms with Crippen LogP contribution in [0.15, 0.2) is 92.9 Å². The summed E-state index contributed by atoms with van der Waals surface area (Å²) in [6, 6.07) is 18.8. The van der Waals surface area contributed by atoms with Gasteiger partial charge in [-0.25, -0.2) is 10.2 Å². The molecule has 0 atom stereocenters. The van der Waals surface area contributed by atoms with Crippen LogP contribution in [0, 0.1) is 10.1 Å². The minimum atomic E-state index is -0.759. The zero-order valence-corrected chi connectivity index (χ0v) is 25.6. The largest absolute Gasteiger partial charge is 0.421 e. The van der Waals surface area contributed by atoms with E-state index >= 15 is 0 Å². The number of amides is 2. The Bertz CT molecular complexity index is 1750. The molecule has 0 aliphatic heterocycles. The predicted octanol–water partition coefficient (Wildman–Crippen LogP) is 7.66. The highest BCUT2D eigenvalue weighted by molar-refractivity contribution is 9.11. The van der Waals surface area contributed by atoms with Crippen LogP contribution in [0.2, 0.25) is 10.0 Å². The fourth-order valence-electron chi connectivity index (χ4n) is 3.49. The lowest BCUT2D eigenvalue weighted by molar-refractivity contribution is -0.384. The summed E-state index contributed by atoms with van der Waals surface area (Å²) in [6.07, 6.45) is 1.28. The van der Waals surface area contributed by atoms with Crippen molar-refractivity contribution in [3.63, 3.8) is 0 Å². The van der Waals surface area contributed by atoms with Gasteiger partial charge in [-0.2, -0.15) is 5.10 Å². The Morgan fingerprint density at radius 2 is 1.64 bits per heavy atom. The van der Waals surface area contributed by atoms with Crippen LogP contribution < -0.4 is 15.5 Å². The van der Waals surface area contributed by atoms with E-state index in [4.69, 9.17) is 27.9 Å². The Hall–Kier alpha value is -4.10. The van der Waals surface area contributed by atoms with Gasteiger partial charge in [-0.15, -0.1) is 0 Å². The normalized spacial score (nSPS) is 10.8. The number of nitrogens with zero attached hydrogens (tertiary/aromatic N) is 2. The van der Waals surface area contributed by atoms with Crippen LogP contribution in [0.25, 0.3) is 0 Å². The number of nitrogens with one attached hydrogen (secondary N) is 2. The van der Waals surface area contributed by atoms with Crippen molar-refractivity contribution in [1.29, 1.82) is 0 Å². The van der Waals surface area contributed by atoms with Gasteiger partial charge in [0.1, 0.15) is 0 Å². The number of benzene rings is 4. The number of hydrogen-bond donors (Lipinski definition) is 2. The fraction of sp³-hybridized carbons (Fsp3) is 0. The van der Waals surface area contributed by atoms with Crippen molar-refractivity contribution >= 4 is 90.4 Å². The second-order valence-corrected chi connectivity index (χ2v) is 11.0. The number of carbonyl (C=O) groups is 3. The zero-order chi connectivity index (χ0) is 30.4. The van der Waals surface area contributed by atoms with E-state index in [-0.39, 0.29) is 33.1 Å². The molecule has 4 aromatic rings. The van der Waals surface area contributed by atoms with E-state index in [1.165, 1.54) is 60.8 Å². The quantitative estimate of drug-likeness (QED) is 0.0627. The first-order valence-electron chi connectivity index (χ1n) is 11.7. The lowest BCUT2D eigenvalue weighted by Gasteiger charge is -2.11. The van der Waals surface area contributed by atoms with E-state index < -0.39 is 22.7 Å². The Labute approximate surface area is 265 Å². The molecule has 0 saturated heterocycles. The van der Waals surface area contributed by atoms with Gasteiger partial charge in [0, 0.05) is 38.4 Å². The van der Waals surface area contributed by atoms with Crippen molar-refractivity contribution in [1.82, 2.24) is 5.43 Å². The molecule has 4 rings (SSSR count). The standard InChI is InChI=1S/C28H16Br2Cl2N4O6/c29-18-10-17(25(23(30)12-18)42-28(39)15-4-7-21(8-5-15)36(40)41)14-33-35-26(37)16-2-1-3-20(11-16)34-27(38)22-9-6-19(31)13-24(22)32/h1-14H,(H,34,38)(H,35,37). The summed E-state index contributed by atoms with van der Waals surface area (Å²) >= 11 is 18.7. The molecule has 14 heteroatoms. The van der Waals surface area contributed by atoms with E-state index in [1.54, 1.807) is 24.3 Å². The number of non-ortho nitro benzene ring substituents is 1. The van der Waals surface area contributed by atoms with Crippen LogP contribution >= 0.6 is 55.1 Å². The average Bonchev–Trinajstić information content (AvgIpc) is 2.94. The summed E-state index contributed by atoms with van der Waals surface area (Å²) in [7, 11) is 0. The second kappa shape index (κ2) is 13.7. The summed E-state index contributed by atoms with van der Waals surface area (Å²) in [5.74, 6) is -1.72. The van der Waals surface area contributed by atoms with Gasteiger partial charge in [0.05, 0.1) is 31.8 Å². The smallest absolute Gasteiger partial charge is 0.343 e. The van der Waals surface area contributed by atoms with E-state index in [1.807, 2.05) is 0 Å². The summed E-state index contributed by atoms with van der Waals surface area (Å²) in [5, 5.41) is 18.1. The van der Waals surface area contributed by atoms with Crippen LogP contribution in [0.4, 0.5) is 11.4 Å². The number of halogens is 4. The van der Waals surface area contributed by atoms with E-state index in [0.29, 0.717) is 25.2 Å². The maximum Gasteiger partial charge on any atom is 0.343 e. The van der Waals surface area contributed by atoms with Gasteiger partial charge in [0.15, 0.2) is 5.75 Å². The molecule has 2 amide bonds. The summed E-state index contributed by atoms with van der Waals surface area (Å²) < 4.78 is 6.56. The van der Waals surface area contributed by atoms with Gasteiger partial charge in [-0.05, 0) is 76.6 Å². The summed E-state index contributed by atoms with van der Waals surface area (Å²) in [6.45, 7) is 0. The minimum Gasteiger partial charge on any atom is -0.421 e. The van der Waals surface area contributed by atoms with Crippen molar-refractivity contribution in [3.05, 3.63) is 130 Å². The third-order valence-corrected chi connectivity index (χ3v) is 7.07. The van der Waals surface area contributed by atoms with Crippen molar-refractivity contribution in [2.24, 2.45) is 5.10 Å². The van der Waals surface area contributed by atoms with Crippen LogP contribution in [-0.2, 0) is 0 Å². The molecule has 0 aliphatic carbocycles. The maximum absolute atomic E-state index is 12.8. The molecule has 212 valence electrons. The Balaban J connectivity index is 1.46. The fourth-order valence-corrected chi connectivity index (χ4v) is 5.32. The second-order valence-electron chi connectivity index (χ2n) is 8.36. The first-order valence-corrected chi connectivity index (χ1v) is 14.0. The molecule has 10 nitrogen and oxygen atoms in total. The monoisotopic (exact) mass is 732 g/mol. The SMILES string of the molecule is O=C(NN=Cc1cc(Br)cc(Br)c1OC(=O)c1ccc([N+](=O)[O-])cc1)c1cccc(NC(=O)c2ccc(Cl)cc2Cl)c1. The number of hydrogen-bond acceptors (Lipinski definition) is 7. The van der Waals surface area contributed by atoms with Crippen molar-refractivity contribution in [2.45, 2.75) is 0 Å². The Kier molecular flexibility index (Phi) is 10.1. The van der Waals surface area contributed by atoms with Crippen LogP contribution in [0.5, 0.6) is 5.75 Å². The van der Waals surface area contributed by atoms with Gasteiger partial charge < -0.3 is 10.1 Å². The molecule has 0 unspecified atom stereocenters. The van der Waals surface area contributed by atoms with Crippen LogP contribution in [0.3, 0.4) is 0 Å². The van der Waals surface area contributed by atoms with Crippen molar-refractivity contribution in [2.75, 3.05) is 5.32 Å². The van der Waals surface area contributed by atoms with E-state index in [9.17, 15) is 24.5 Å². The maximum atomic E-state index is 12.8. The van der Waals surface area contributed by atoms with Gasteiger partial charge >= 0.3 is 5.97 Å². The predicted molar refractivity (Wildman–Crippen MR) is 166 cm³/mol. The highest BCUT2D eigenvalue weighted by Crippen LogP contribution is 2.33. The third-order valence-electron chi connectivity index (χ3n) is 5.47. The first kappa shape index (κ1) is 30.8. The molecule has 0 fully saturated rings. The first-order chi connectivity index (χ1) is 20.0. The number of ether oxygens (including phenoxy) is 1. The van der Waals surface area contributed by atoms with Gasteiger partial charge in [-0.3, -0.25) is 19.7 Å².